The van der Waals surface area contributed by atoms with E-state index < -0.39 is 23.3 Å². The molecule has 0 aliphatic carbocycles. The zero-order valence-electron chi connectivity index (χ0n) is 11.6. The second-order valence-electron chi connectivity index (χ2n) is 4.66. The second kappa shape index (κ2) is 6.40. The van der Waals surface area contributed by atoms with Crippen LogP contribution in [0.25, 0.3) is 0 Å². The van der Waals surface area contributed by atoms with Gasteiger partial charge in [0, 0.05) is 11.6 Å². The SMILES string of the molecule is CC(=O)c1cc(C(F)(F)F)c(OCc2ccccc2)cc1Cl. The van der Waals surface area contributed by atoms with Crippen LogP contribution in [0.1, 0.15) is 28.4 Å². The first-order chi connectivity index (χ1) is 10.3. The predicted octanol–water partition coefficient (Wildman–Crippen LogP) is 5.14. The van der Waals surface area contributed by atoms with Gasteiger partial charge in [0.2, 0.25) is 0 Å². The van der Waals surface area contributed by atoms with E-state index >= 15 is 0 Å². The van der Waals surface area contributed by atoms with Crippen molar-refractivity contribution < 1.29 is 22.7 Å². The first-order valence-electron chi connectivity index (χ1n) is 6.37. The lowest BCUT2D eigenvalue weighted by Gasteiger charge is -2.16. The highest BCUT2D eigenvalue weighted by Gasteiger charge is 2.35. The summed E-state index contributed by atoms with van der Waals surface area (Å²) in [6, 6.07) is 10.5. The average Bonchev–Trinajstić information content (AvgIpc) is 2.44. The highest BCUT2D eigenvalue weighted by Crippen LogP contribution is 2.39. The van der Waals surface area contributed by atoms with Crippen molar-refractivity contribution in [1.82, 2.24) is 0 Å². The van der Waals surface area contributed by atoms with E-state index in [0.29, 0.717) is 0 Å². The minimum absolute atomic E-state index is 0.0281. The smallest absolute Gasteiger partial charge is 0.419 e. The van der Waals surface area contributed by atoms with Crippen molar-refractivity contribution >= 4 is 17.4 Å². The molecule has 0 N–H and O–H groups in total. The van der Waals surface area contributed by atoms with Crippen LogP contribution in [-0.4, -0.2) is 5.78 Å². The predicted molar refractivity (Wildman–Crippen MR) is 77.2 cm³/mol. The van der Waals surface area contributed by atoms with E-state index in [4.69, 9.17) is 16.3 Å². The monoisotopic (exact) mass is 328 g/mol. The number of rotatable bonds is 4. The molecule has 0 spiro atoms. The van der Waals surface area contributed by atoms with Crippen molar-refractivity contribution in [2.45, 2.75) is 19.7 Å². The molecule has 0 radical (unpaired) electrons. The van der Waals surface area contributed by atoms with Gasteiger partial charge < -0.3 is 4.74 Å². The summed E-state index contributed by atoms with van der Waals surface area (Å²) in [4.78, 5) is 11.3. The molecule has 0 aliphatic rings. The third-order valence-corrected chi connectivity index (χ3v) is 3.30. The Morgan fingerprint density at radius 1 is 1.18 bits per heavy atom. The van der Waals surface area contributed by atoms with Crippen molar-refractivity contribution in [3.63, 3.8) is 0 Å². The van der Waals surface area contributed by atoms with Gasteiger partial charge in [0.15, 0.2) is 5.78 Å². The van der Waals surface area contributed by atoms with E-state index in [1.807, 2.05) is 0 Å². The van der Waals surface area contributed by atoms with E-state index in [1.165, 1.54) is 0 Å². The lowest BCUT2D eigenvalue weighted by Crippen LogP contribution is -2.11. The molecule has 0 saturated carbocycles. The third-order valence-electron chi connectivity index (χ3n) is 2.99. The highest BCUT2D eigenvalue weighted by atomic mass is 35.5. The maximum Gasteiger partial charge on any atom is 0.419 e. The number of carbonyl (C=O) groups excluding carboxylic acids is 1. The number of carbonyl (C=O) groups is 1. The zero-order chi connectivity index (χ0) is 16.3. The van der Waals surface area contributed by atoms with Crippen molar-refractivity contribution in [1.29, 1.82) is 0 Å². The fraction of sp³-hybridized carbons (Fsp3) is 0.188. The summed E-state index contributed by atoms with van der Waals surface area (Å²) < 4.78 is 44.6. The Morgan fingerprint density at radius 3 is 2.36 bits per heavy atom. The van der Waals surface area contributed by atoms with Crippen LogP contribution in [0.2, 0.25) is 5.02 Å². The fourth-order valence-corrected chi connectivity index (χ4v) is 2.19. The molecule has 0 bridgehead atoms. The Balaban J connectivity index is 2.37. The van der Waals surface area contributed by atoms with Gasteiger partial charge in [0.05, 0.1) is 10.6 Å². The molecule has 2 aromatic carbocycles. The summed E-state index contributed by atoms with van der Waals surface area (Å²) in [6.45, 7) is 1.13. The maximum absolute atomic E-state index is 13.1. The van der Waals surface area contributed by atoms with Gasteiger partial charge in [-0.1, -0.05) is 41.9 Å². The van der Waals surface area contributed by atoms with E-state index in [0.717, 1.165) is 24.6 Å². The Bertz CT molecular complexity index is 682. The first kappa shape index (κ1) is 16.4. The number of Topliss-reactive ketones (excluding diaryl/α,β-unsaturated/α-hetero) is 1. The van der Waals surface area contributed by atoms with Gasteiger partial charge in [-0.25, -0.2) is 0 Å². The molecule has 2 aromatic rings. The lowest BCUT2D eigenvalue weighted by atomic mass is 10.1. The Kier molecular flexibility index (Phi) is 4.76. The molecular formula is C16H12ClF3O2. The Morgan fingerprint density at radius 2 is 1.82 bits per heavy atom. The molecule has 2 nitrogen and oxygen atoms in total. The molecule has 0 fully saturated rings. The van der Waals surface area contributed by atoms with Crippen LogP contribution in [-0.2, 0) is 12.8 Å². The molecule has 22 heavy (non-hydrogen) atoms. The molecule has 0 unspecified atom stereocenters. The van der Waals surface area contributed by atoms with Gasteiger partial charge in [-0.15, -0.1) is 0 Å². The minimum Gasteiger partial charge on any atom is -0.488 e. The normalized spacial score (nSPS) is 11.3. The summed E-state index contributed by atoms with van der Waals surface area (Å²) in [5.41, 5.74) is -0.471. The minimum atomic E-state index is -4.64. The van der Waals surface area contributed by atoms with Gasteiger partial charge in [0.1, 0.15) is 12.4 Å². The number of alkyl halides is 3. The summed E-state index contributed by atoms with van der Waals surface area (Å²) in [6.07, 6.45) is -4.64. The number of ketones is 1. The lowest BCUT2D eigenvalue weighted by molar-refractivity contribution is -0.139. The molecule has 0 aromatic heterocycles. The summed E-state index contributed by atoms with van der Waals surface area (Å²) in [5, 5.41) is -0.0661. The van der Waals surface area contributed by atoms with Crippen LogP contribution < -0.4 is 4.74 Å². The third kappa shape index (κ3) is 3.80. The number of benzene rings is 2. The van der Waals surface area contributed by atoms with E-state index in [1.54, 1.807) is 30.3 Å². The topological polar surface area (TPSA) is 26.3 Å². The molecule has 0 saturated heterocycles. The maximum atomic E-state index is 13.1. The van der Waals surface area contributed by atoms with Crippen molar-refractivity contribution in [3.8, 4) is 5.75 Å². The number of ether oxygens (including phenoxy) is 1. The van der Waals surface area contributed by atoms with Crippen LogP contribution >= 0.6 is 11.6 Å². The Hall–Kier alpha value is -2.01. The van der Waals surface area contributed by atoms with Crippen LogP contribution in [0.15, 0.2) is 42.5 Å². The number of hydrogen-bond donors (Lipinski definition) is 0. The van der Waals surface area contributed by atoms with Crippen LogP contribution in [0.3, 0.4) is 0 Å². The number of hydrogen-bond acceptors (Lipinski definition) is 2. The molecule has 2 rings (SSSR count). The number of halogens is 4. The summed E-state index contributed by atoms with van der Waals surface area (Å²) >= 11 is 5.86. The molecule has 0 amide bonds. The van der Waals surface area contributed by atoms with Crippen molar-refractivity contribution in [2.75, 3.05) is 0 Å². The largest absolute Gasteiger partial charge is 0.488 e. The molecule has 0 heterocycles. The van der Waals surface area contributed by atoms with E-state index in [9.17, 15) is 18.0 Å². The second-order valence-corrected chi connectivity index (χ2v) is 5.06. The Labute approximate surface area is 130 Å². The van der Waals surface area contributed by atoms with Gasteiger partial charge in [-0.3, -0.25) is 4.79 Å². The van der Waals surface area contributed by atoms with E-state index in [-0.39, 0.29) is 17.2 Å². The average molecular weight is 329 g/mol. The molecular weight excluding hydrogens is 317 g/mol. The van der Waals surface area contributed by atoms with Gasteiger partial charge in [-0.2, -0.15) is 13.2 Å². The van der Waals surface area contributed by atoms with Gasteiger partial charge in [-0.05, 0) is 18.6 Å². The van der Waals surface area contributed by atoms with E-state index in [2.05, 4.69) is 0 Å². The van der Waals surface area contributed by atoms with Crippen LogP contribution in [0, 0.1) is 0 Å². The first-order valence-corrected chi connectivity index (χ1v) is 6.75. The highest BCUT2D eigenvalue weighted by molar-refractivity contribution is 6.34. The van der Waals surface area contributed by atoms with Gasteiger partial charge >= 0.3 is 6.18 Å². The standard InChI is InChI=1S/C16H12ClF3O2/c1-10(21)12-7-13(16(18,19)20)15(8-14(12)17)22-9-11-5-3-2-4-6-11/h2-8H,9H2,1H3. The summed E-state index contributed by atoms with van der Waals surface area (Å²) in [7, 11) is 0. The van der Waals surface area contributed by atoms with Crippen molar-refractivity contribution in [2.24, 2.45) is 0 Å². The molecule has 0 atom stereocenters. The quantitative estimate of drug-likeness (QED) is 0.726. The molecule has 0 aliphatic heterocycles. The van der Waals surface area contributed by atoms with Crippen LogP contribution in [0.5, 0.6) is 5.75 Å². The molecule has 6 heteroatoms. The summed E-state index contributed by atoms with van der Waals surface area (Å²) in [5.74, 6) is -0.934. The van der Waals surface area contributed by atoms with Gasteiger partial charge in [0.25, 0.3) is 0 Å². The fourth-order valence-electron chi connectivity index (χ4n) is 1.90. The van der Waals surface area contributed by atoms with Crippen LogP contribution in [0.4, 0.5) is 13.2 Å². The zero-order valence-corrected chi connectivity index (χ0v) is 12.3. The molecule has 116 valence electrons. The van der Waals surface area contributed by atoms with Crippen molar-refractivity contribution in [3.05, 3.63) is 64.2 Å².